The van der Waals surface area contributed by atoms with Crippen molar-refractivity contribution in [2.75, 3.05) is 25.0 Å². The van der Waals surface area contributed by atoms with Gasteiger partial charge in [0.15, 0.2) is 0 Å². The molecule has 0 spiro atoms. The van der Waals surface area contributed by atoms with Crippen LogP contribution in [-0.4, -0.2) is 36.5 Å². The highest BCUT2D eigenvalue weighted by Gasteiger charge is 2.21. The lowest BCUT2D eigenvalue weighted by molar-refractivity contribution is -0.130. The first kappa shape index (κ1) is 15.1. The summed E-state index contributed by atoms with van der Waals surface area (Å²) in [4.78, 5) is 13.9. The number of nitrogens with zero attached hydrogens (tertiary/aromatic N) is 1. The smallest absolute Gasteiger partial charge is 0.224 e. The van der Waals surface area contributed by atoms with Gasteiger partial charge >= 0.3 is 0 Å². The molecular weight excluding hydrogens is 281 g/mol. The molecule has 0 aromatic heterocycles. The van der Waals surface area contributed by atoms with E-state index in [4.69, 9.17) is 17.3 Å². The lowest BCUT2D eigenvalue weighted by atomic mass is 10.1. The molecule has 3 N–H and O–H groups in total. The van der Waals surface area contributed by atoms with Crippen LogP contribution in [0.5, 0.6) is 0 Å². The molecule has 0 radical (unpaired) electrons. The van der Waals surface area contributed by atoms with Crippen molar-refractivity contribution in [1.29, 1.82) is 0 Å². The maximum absolute atomic E-state index is 13.2. The molecule has 0 saturated carbocycles. The number of anilines is 1. The van der Waals surface area contributed by atoms with E-state index in [1.807, 2.05) is 4.90 Å². The molecular formula is C14H19ClFN3O. The average molecular weight is 300 g/mol. The van der Waals surface area contributed by atoms with Gasteiger partial charge in [-0.3, -0.25) is 4.79 Å². The number of likely N-dealkylation sites (tertiary alicyclic amines) is 1. The normalized spacial score (nSPS) is 16.2. The Labute approximate surface area is 123 Å². The molecule has 6 heteroatoms. The average Bonchev–Trinajstić information content (AvgIpc) is 2.96. The number of nitrogens with two attached hydrogens (primary N) is 1. The lowest BCUT2D eigenvalue weighted by Gasteiger charge is -2.22. The van der Waals surface area contributed by atoms with Crippen molar-refractivity contribution >= 4 is 23.2 Å². The van der Waals surface area contributed by atoms with E-state index in [9.17, 15) is 9.18 Å². The summed E-state index contributed by atoms with van der Waals surface area (Å²) in [5.41, 5.74) is 6.15. The van der Waals surface area contributed by atoms with Crippen LogP contribution < -0.4 is 11.1 Å². The molecule has 1 aliphatic heterocycles. The number of rotatable bonds is 5. The van der Waals surface area contributed by atoms with Crippen LogP contribution in [0.3, 0.4) is 0 Å². The minimum absolute atomic E-state index is 0.0815. The van der Waals surface area contributed by atoms with Crippen LogP contribution >= 0.6 is 11.6 Å². The van der Waals surface area contributed by atoms with Crippen molar-refractivity contribution in [3.8, 4) is 0 Å². The summed E-state index contributed by atoms with van der Waals surface area (Å²) in [6.07, 6.45) is 2.41. The molecule has 1 aromatic carbocycles. The van der Waals surface area contributed by atoms with E-state index in [-0.39, 0.29) is 24.3 Å². The zero-order chi connectivity index (χ0) is 14.5. The first-order chi connectivity index (χ1) is 9.60. The molecule has 20 heavy (non-hydrogen) atoms. The van der Waals surface area contributed by atoms with Gasteiger partial charge in [-0.1, -0.05) is 11.6 Å². The first-order valence-electron chi connectivity index (χ1n) is 6.79. The standard InChI is InChI=1S/C14H19ClFN3O/c15-12-4-3-10(16)7-13(12)18-11(9-17)8-14(20)19-5-1-2-6-19/h3-4,7,11,18H,1-2,5-6,8-9,17H2. The van der Waals surface area contributed by atoms with Gasteiger partial charge < -0.3 is 16.0 Å². The molecule has 1 aromatic rings. The van der Waals surface area contributed by atoms with E-state index in [2.05, 4.69) is 5.32 Å². The van der Waals surface area contributed by atoms with E-state index in [0.717, 1.165) is 25.9 Å². The Morgan fingerprint density at radius 2 is 2.15 bits per heavy atom. The third-order valence-corrected chi connectivity index (χ3v) is 3.78. The Kier molecular flexibility index (Phi) is 5.20. The molecule has 1 heterocycles. The summed E-state index contributed by atoms with van der Waals surface area (Å²) in [7, 11) is 0. The minimum Gasteiger partial charge on any atom is -0.379 e. The number of halogens is 2. The largest absolute Gasteiger partial charge is 0.379 e. The fourth-order valence-electron chi connectivity index (χ4n) is 2.33. The number of nitrogens with one attached hydrogen (secondary N) is 1. The predicted molar refractivity (Wildman–Crippen MR) is 78.3 cm³/mol. The van der Waals surface area contributed by atoms with Gasteiger partial charge in [-0.2, -0.15) is 0 Å². The number of carbonyl (C=O) groups excluding carboxylic acids is 1. The van der Waals surface area contributed by atoms with Crippen molar-refractivity contribution < 1.29 is 9.18 Å². The van der Waals surface area contributed by atoms with Gasteiger partial charge in [-0.15, -0.1) is 0 Å². The van der Waals surface area contributed by atoms with Gasteiger partial charge in [0.2, 0.25) is 5.91 Å². The summed E-state index contributed by atoms with van der Waals surface area (Å²) >= 11 is 6.00. The zero-order valence-electron chi connectivity index (χ0n) is 11.2. The SMILES string of the molecule is NCC(CC(=O)N1CCCC1)Nc1cc(F)ccc1Cl. The topological polar surface area (TPSA) is 58.4 Å². The third kappa shape index (κ3) is 3.84. The predicted octanol–water partition coefficient (Wildman–Crippen LogP) is 2.23. The molecule has 110 valence electrons. The monoisotopic (exact) mass is 299 g/mol. The van der Waals surface area contributed by atoms with E-state index in [1.54, 1.807) is 0 Å². The minimum atomic E-state index is -0.376. The molecule has 1 fully saturated rings. The van der Waals surface area contributed by atoms with Crippen molar-refractivity contribution in [3.63, 3.8) is 0 Å². The Bertz CT molecular complexity index is 477. The number of benzene rings is 1. The van der Waals surface area contributed by atoms with Crippen LogP contribution in [0.1, 0.15) is 19.3 Å². The van der Waals surface area contributed by atoms with Crippen LogP contribution in [0, 0.1) is 5.82 Å². The highest BCUT2D eigenvalue weighted by Crippen LogP contribution is 2.23. The van der Waals surface area contributed by atoms with Crippen LogP contribution in [0.4, 0.5) is 10.1 Å². The summed E-state index contributed by atoms with van der Waals surface area (Å²) in [5.74, 6) is -0.295. The van der Waals surface area contributed by atoms with Crippen molar-refractivity contribution in [2.45, 2.75) is 25.3 Å². The fourth-order valence-corrected chi connectivity index (χ4v) is 2.50. The lowest BCUT2D eigenvalue weighted by Crippen LogP contribution is -2.37. The van der Waals surface area contributed by atoms with E-state index >= 15 is 0 Å². The van der Waals surface area contributed by atoms with Gasteiger partial charge in [-0.05, 0) is 31.0 Å². The molecule has 0 bridgehead atoms. The molecule has 1 aliphatic rings. The summed E-state index contributed by atoms with van der Waals surface area (Å²) < 4.78 is 13.2. The molecule has 4 nitrogen and oxygen atoms in total. The summed E-state index contributed by atoms with van der Waals surface area (Å²) in [6, 6.07) is 3.84. The zero-order valence-corrected chi connectivity index (χ0v) is 12.0. The molecule has 1 amide bonds. The number of hydrogen-bond donors (Lipinski definition) is 2. The van der Waals surface area contributed by atoms with Crippen molar-refractivity contribution in [1.82, 2.24) is 4.90 Å². The maximum atomic E-state index is 13.2. The summed E-state index contributed by atoms with van der Waals surface area (Å²) in [6.45, 7) is 1.92. The van der Waals surface area contributed by atoms with Crippen LogP contribution in [0.15, 0.2) is 18.2 Å². The van der Waals surface area contributed by atoms with E-state index < -0.39 is 0 Å². The molecule has 1 unspecified atom stereocenters. The maximum Gasteiger partial charge on any atom is 0.224 e. The van der Waals surface area contributed by atoms with Gasteiger partial charge in [0.25, 0.3) is 0 Å². The van der Waals surface area contributed by atoms with Crippen LogP contribution in [0.2, 0.25) is 5.02 Å². The number of amides is 1. The van der Waals surface area contributed by atoms with Crippen LogP contribution in [0.25, 0.3) is 0 Å². The third-order valence-electron chi connectivity index (χ3n) is 3.45. The molecule has 0 aliphatic carbocycles. The molecule has 1 atom stereocenters. The second-order valence-electron chi connectivity index (χ2n) is 4.99. The number of hydrogen-bond acceptors (Lipinski definition) is 3. The Balaban J connectivity index is 1.97. The molecule has 2 rings (SSSR count). The Morgan fingerprint density at radius 1 is 1.45 bits per heavy atom. The first-order valence-corrected chi connectivity index (χ1v) is 7.17. The quantitative estimate of drug-likeness (QED) is 0.876. The second-order valence-corrected chi connectivity index (χ2v) is 5.40. The van der Waals surface area contributed by atoms with E-state index in [0.29, 0.717) is 17.1 Å². The van der Waals surface area contributed by atoms with Gasteiger partial charge in [0.05, 0.1) is 10.7 Å². The molecule has 1 saturated heterocycles. The van der Waals surface area contributed by atoms with Gasteiger partial charge in [0, 0.05) is 32.1 Å². The van der Waals surface area contributed by atoms with Gasteiger partial charge in [-0.25, -0.2) is 4.39 Å². The second kappa shape index (κ2) is 6.90. The number of carbonyl (C=O) groups is 1. The van der Waals surface area contributed by atoms with Gasteiger partial charge in [0.1, 0.15) is 5.82 Å². The highest BCUT2D eigenvalue weighted by atomic mass is 35.5. The Hall–Kier alpha value is -1.33. The van der Waals surface area contributed by atoms with Crippen molar-refractivity contribution in [2.24, 2.45) is 5.73 Å². The van der Waals surface area contributed by atoms with E-state index in [1.165, 1.54) is 18.2 Å². The fraction of sp³-hybridized carbons (Fsp3) is 0.500. The highest BCUT2D eigenvalue weighted by molar-refractivity contribution is 6.33. The van der Waals surface area contributed by atoms with Crippen LogP contribution in [-0.2, 0) is 4.79 Å². The van der Waals surface area contributed by atoms with Crippen molar-refractivity contribution in [3.05, 3.63) is 29.0 Å². The summed E-state index contributed by atoms with van der Waals surface area (Å²) in [5, 5.41) is 3.46. The Morgan fingerprint density at radius 3 is 2.80 bits per heavy atom.